The van der Waals surface area contributed by atoms with Crippen LogP contribution in [0, 0.1) is 17.8 Å². The topological polar surface area (TPSA) is 108 Å². The summed E-state index contributed by atoms with van der Waals surface area (Å²) in [5, 5.41) is 23.9. The van der Waals surface area contributed by atoms with E-state index in [0.29, 0.717) is 42.5 Å². The Morgan fingerprint density at radius 3 is 2.66 bits per heavy atom. The van der Waals surface area contributed by atoms with Crippen LogP contribution < -0.4 is 14.8 Å². The third-order valence-electron chi connectivity index (χ3n) is 9.69. The minimum Gasteiger partial charge on any atom is -0.496 e. The van der Waals surface area contributed by atoms with E-state index in [-0.39, 0.29) is 25.0 Å². The second kappa shape index (κ2) is 11.9. The Balaban J connectivity index is 1.33. The highest BCUT2D eigenvalue weighted by atomic mass is 16.5. The van der Waals surface area contributed by atoms with E-state index in [2.05, 4.69) is 5.32 Å². The standard InChI is InChI=1S/C33H40N2O6/c1-40-27-8-4-2-6-21(27)12-14-35(29(37)18-23-17-20-10-11-22(23)16-20)26-19-25(33(39)34-13-15-36)30-24-7-3-5-9-28(24)41-32(30)31(26)38/h2-9,19-20,22-23,26,30-32,36,38H,10-18H2,1H3,(H,34,39)/t20?,22?,23?,26-,30+,31+,32+/m1/s1. The van der Waals surface area contributed by atoms with Gasteiger partial charge in [-0.05, 0) is 67.2 Å². The lowest BCUT2D eigenvalue weighted by Crippen LogP contribution is -2.56. The Labute approximate surface area is 241 Å². The molecule has 3 N–H and O–H groups in total. The molecule has 2 amide bonds. The molecule has 2 aromatic carbocycles. The van der Waals surface area contributed by atoms with Crippen LogP contribution in [-0.2, 0) is 16.0 Å². The van der Waals surface area contributed by atoms with Crippen molar-refractivity contribution in [1.29, 1.82) is 0 Å². The maximum absolute atomic E-state index is 14.1. The monoisotopic (exact) mass is 560 g/mol. The molecule has 4 aliphatic rings. The molecule has 2 bridgehead atoms. The quantitative estimate of drug-likeness (QED) is 0.412. The Bertz CT molecular complexity index is 1310. The van der Waals surface area contributed by atoms with Crippen molar-refractivity contribution in [2.75, 3.05) is 26.8 Å². The molecule has 2 aromatic rings. The number of carbonyl (C=O) groups excluding carboxylic acids is 2. The maximum Gasteiger partial charge on any atom is 0.247 e. The summed E-state index contributed by atoms with van der Waals surface area (Å²) in [6.07, 6.45) is 5.81. The second-order valence-electron chi connectivity index (χ2n) is 12.0. The minimum atomic E-state index is -1.02. The van der Waals surface area contributed by atoms with Crippen LogP contribution >= 0.6 is 0 Å². The van der Waals surface area contributed by atoms with Gasteiger partial charge in [0.15, 0.2) is 0 Å². The van der Waals surface area contributed by atoms with Crippen LogP contribution in [0.25, 0.3) is 0 Å². The molecule has 2 saturated carbocycles. The maximum atomic E-state index is 14.1. The molecule has 8 heteroatoms. The van der Waals surface area contributed by atoms with Crippen molar-refractivity contribution in [1.82, 2.24) is 10.2 Å². The van der Waals surface area contributed by atoms with Gasteiger partial charge in [-0.2, -0.15) is 0 Å². The number of nitrogens with one attached hydrogen (secondary N) is 1. The molecule has 3 unspecified atom stereocenters. The highest BCUT2D eigenvalue weighted by Gasteiger charge is 2.51. The molecule has 3 aliphatic carbocycles. The van der Waals surface area contributed by atoms with Crippen LogP contribution in [-0.4, -0.2) is 72.0 Å². The molecule has 6 rings (SSSR count). The van der Waals surface area contributed by atoms with Crippen LogP contribution in [0.5, 0.6) is 11.5 Å². The van der Waals surface area contributed by atoms with Gasteiger partial charge in [-0.15, -0.1) is 0 Å². The molecule has 0 aromatic heterocycles. The van der Waals surface area contributed by atoms with Gasteiger partial charge in [0.1, 0.15) is 23.7 Å². The first-order valence-electron chi connectivity index (χ1n) is 14.9. The van der Waals surface area contributed by atoms with E-state index in [1.807, 2.05) is 48.5 Å². The number of para-hydroxylation sites is 2. The van der Waals surface area contributed by atoms with E-state index in [4.69, 9.17) is 9.47 Å². The van der Waals surface area contributed by atoms with Gasteiger partial charge in [0, 0.05) is 30.6 Å². The van der Waals surface area contributed by atoms with Crippen LogP contribution in [0.2, 0.25) is 0 Å². The molecule has 1 heterocycles. The van der Waals surface area contributed by atoms with Gasteiger partial charge < -0.3 is 29.9 Å². The fourth-order valence-electron chi connectivity index (χ4n) is 7.75. The van der Waals surface area contributed by atoms with Crippen molar-refractivity contribution in [2.24, 2.45) is 17.8 Å². The number of carbonyl (C=O) groups is 2. The summed E-state index contributed by atoms with van der Waals surface area (Å²) in [5.74, 6) is 2.30. The van der Waals surface area contributed by atoms with E-state index in [0.717, 1.165) is 29.2 Å². The van der Waals surface area contributed by atoms with Gasteiger partial charge in [-0.3, -0.25) is 9.59 Å². The fraction of sp³-hybridized carbons (Fsp3) is 0.515. The highest BCUT2D eigenvalue weighted by Crippen LogP contribution is 2.50. The normalized spacial score (nSPS) is 29.2. The SMILES string of the molecule is COc1ccccc1CCN(C(=O)CC1CC2CCC1C2)[C@@H]1C=C(C(=O)NCCO)[C@@H]2c3ccccc3O[C@@H]2[C@H]1O. The van der Waals surface area contributed by atoms with E-state index in [1.54, 1.807) is 18.1 Å². The highest BCUT2D eigenvalue weighted by molar-refractivity contribution is 5.96. The summed E-state index contributed by atoms with van der Waals surface area (Å²) in [4.78, 5) is 29.3. The van der Waals surface area contributed by atoms with Crippen LogP contribution in [0.4, 0.5) is 0 Å². The number of aliphatic hydroxyl groups is 2. The van der Waals surface area contributed by atoms with E-state index in [9.17, 15) is 19.8 Å². The number of ether oxygens (including phenoxy) is 2. The van der Waals surface area contributed by atoms with E-state index in [1.165, 1.54) is 19.3 Å². The number of rotatable bonds is 10. The predicted octanol–water partition coefficient (Wildman–Crippen LogP) is 3.22. The lowest BCUT2D eigenvalue weighted by Gasteiger charge is -2.41. The molecule has 218 valence electrons. The van der Waals surface area contributed by atoms with Crippen molar-refractivity contribution >= 4 is 11.8 Å². The number of nitrogens with zero attached hydrogens (tertiary/aromatic N) is 1. The number of fused-ring (bicyclic) bond motifs is 5. The Hall–Kier alpha value is -3.36. The molecule has 1 aliphatic heterocycles. The lowest BCUT2D eigenvalue weighted by atomic mass is 9.77. The van der Waals surface area contributed by atoms with Crippen LogP contribution in [0.1, 0.15) is 49.1 Å². The Kier molecular flexibility index (Phi) is 8.04. The molecular weight excluding hydrogens is 520 g/mol. The number of benzene rings is 2. The molecule has 2 fully saturated rings. The first-order chi connectivity index (χ1) is 20.0. The fourth-order valence-corrected chi connectivity index (χ4v) is 7.75. The van der Waals surface area contributed by atoms with Crippen LogP contribution in [0.3, 0.4) is 0 Å². The lowest BCUT2D eigenvalue weighted by molar-refractivity contribution is -0.138. The summed E-state index contributed by atoms with van der Waals surface area (Å²) >= 11 is 0. The van der Waals surface area contributed by atoms with Crippen molar-refractivity contribution in [2.45, 2.75) is 62.7 Å². The van der Waals surface area contributed by atoms with Gasteiger partial charge in [-0.25, -0.2) is 0 Å². The zero-order valence-electron chi connectivity index (χ0n) is 23.6. The average Bonchev–Trinajstić information content (AvgIpc) is 3.72. The average molecular weight is 561 g/mol. The Morgan fingerprint density at radius 1 is 1.10 bits per heavy atom. The second-order valence-corrected chi connectivity index (χ2v) is 12.0. The first kappa shape index (κ1) is 27.8. The predicted molar refractivity (Wildman–Crippen MR) is 154 cm³/mol. The zero-order valence-corrected chi connectivity index (χ0v) is 23.6. The smallest absolute Gasteiger partial charge is 0.247 e. The van der Waals surface area contributed by atoms with Crippen molar-refractivity contribution in [3.63, 3.8) is 0 Å². The molecule has 7 atom stereocenters. The van der Waals surface area contributed by atoms with Gasteiger partial charge in [-0.1, -0.05) is 42.8 Å². The molecular formula is C33H40N2O6. The molecule has 8 nitrogen and oxygen atoms in total. The summed E-state index contributed by atoms with van der Waals surface area (Å²) in [5.41, 5.74) is 2.28. The zero-order chi connectivity index (χ0) is 28.5. The van der Waals surface area contributed by atoms with Gasteiger partial charge in [0.05, 0.1) is 25.7 Å². The van der Waals surface area contributed by atoms with Gasteiger partial charge in [0.2, 0.25) is 11.8 Å². The van der Waals surface area contributed by atoms with Crippen molar-refractivity contribution < 1.29 is 29.3 Å². The molecule has 0 saturated heterocycles. The Morgan fingerprint density at radius 2 is 1.90 bits per heavy atom. The van der Waals surface area contributed by atoms with Crippen molar-refractivity contribution in [3.8, 4) is 11.5 Å². The van der Waals surface area contributed by atoms with Gasteiger partial charge >= 0.3 is 0 Å². The van der Waals surface area contributed by atoms with Crippen molar-refractivity contribution in [3.05, 3.63) is 71.3 Å². The number of hydrogen-bond acceptors (Lipinski definition) is 6. The molecule has 41 heavy (non-hydrogen) atoms. The minimum absolute atomic E-state index is 0.00169. The third-order valence-corrected chi connectivity index (χ3v) is 9.69. The molecule has 0 spiro atoms. The first-order valence-corrected chi connectivity index (χ1v) is 14.9. The third kappa shape index (κ3) is 5.35. The summed E-state index contributed by atoms with van der Waals surface area (Å²) < 4.78 is 11.8. The summed E-state index contributed by atoms with van der Waals surface area (Å²) in [6, 6.07) is 14.6. The number of amides is 2. The van der Waals surface area contributed by atoms with E-state index < -0.39 is 24.2 Å². The largest absolute Gasteiger partial charge is 0.496 e. The summed E-state index contributed by atoms with van der Waals surface area (Å²) in [7, 11) is 1.64. The van der Waals surface area contributed by atoms with Crippen LogP contribution in [0.15, 0.2) is 60.2 Å². The van der Waals surface area contributed by atoms with E-state index >= 15 is 0 Å². The number of aliphatic hydroxyl groups excluding tert-OH is 2. The molecule has 0 radical (unpaired) electrons. The summed E-state index contributed by atoms with van der Waals surface area (Å²) in [6.45, 7) is 0.303. The van der Waals surface area contributed by atoms with Gasteiger partial charge in [0.25, 0.3) is 0 Å². The number of hydrogen-bond donors (Lipinski definition) is 3. The number of methoxy groups -OCH3 is 1.